The Morgan fingerprint density at radius 3 is 1.44 bits per heavy atom. The second-order valence-electron chi connectivity index (χ2n) is 19.1. The lowest BCUT2D eigenvalue weighted by Gasteiger charge is -2.24. The molecule has 66 heavy (non-hydrogen) atoms. The fourth-order valence-corrected chi connectivity index (χ4v) is 11.7. The Balaban J connectivity index is 1.14. The molecule has 304 valence electrons. The van der Waals surface area contributed by atoms with E-state index in [4.69, 9.17) is 0 Å². The van der Waals surface area contributed by atoms with E-state index in [1.807, 2.05) is 0 Å². The van der Waals surface area contributed by atoms with Gasteiger partial charge in [-0.15, -0.1) is 5.46 Å². The van der Waals surface area contributed by atoms with Crippen LogP contribution in [0.15, 0.2) is 152 Å². The first-order valence-electron chi connectivity index (χ1n) is 23.7. The van der Waals surface area contributed by atoms with Crippen LogP contribution >= 0.6 is 0 Å². The zero-order valence-electron chi connectivity index (χ0n) is 40.1. The number of benzene rings is 8. The van der Waals surface area contributed by atoms with E-state index in [1.165, 1.54) is 149 Å². The molecule has 1 unspecified atom stereocenters. The van der Waals surface area contributed by atoms with Crippen molar-refractivity contribution >= 4 is 182 Å². The molecule has 0 saturated heterocycles. The normalized spacial score (nSPS) is 13.9. The molecular formula is C54H48B10N2. The molecule has 0 spiro atoms. The zero-order chi connectivity index (χ0) is 45.7. The van der Waals surface area contributed by atoms with Gasteiger partial charge < -0.3 is 9.13 Å². The fourth-order valence-electron chi connectivity index (χ4n) is 11.7. The summed E-state index contributed by atoms with van der Waals surface area (Å²) in [6.07, 6.45) is 8.23. The van der Waals surface area contributed by atoms with E-state index in [-0.39, 0.29) is 0 Å². The van der Waals surface area contributed by atoms with Gasteiger partial charge in [0.2, 0.25) is 0 Å². The van der Waals surface area contributed by atoms with E-state index in [0.29, 0.717) is 5.92 Å². The minimum absolute atomic E-state index is 0.319. The third-order valence-electron chi connectivity index (χ3n) is 15.8. The molecule has 10 aromatic rings. The van der Waals surface area contributed by atoms with Crippen molar-refractivity contribution in [3.05, 3.63) is 157 Å². The molecule has 1 atom stereocenters. The number of hydrogen-bond donors (Lipinski definition) is 0. The summed E-state index contributed by atoms with van der Waals surface area (Å²) in [6.45, 7) is 0. The van der Waals surface area contributed by atoms with Gasteiger partial charge in [0.25, 0.3) is 0 Å². The van der Waals surface area contributed by atoms with Crippen molar-refractivity contribution in [1.82, 2.24) is 9.13 Å². The molecule has 0 radical (unpaired) electrons. The quantitative estimate of drug-likeness (QED) is 0.159. The summed E-state index contributed by atoms with van der Waals surface area (Å²) in [4.78, 5) is 0. The van der Waals surface area contributed by atoms with Crippen molar-refractivity contribution in [3.63, 3.8) is 0 Å². The summed E-state index contributed by atoms with van der Waals surface area (Å²) < 4.78 is 5.15. The first-order valence-corrected chi connectivity index (χ1v) is 23.7. The van der Waals surface area contributed by atoms with Gasteiger partial charge in [-0.3, -0.25) is 0 Å². The third-order valence-corrected chi connectivity index (χ3v) is 15.8. The Morgan fingerprint density at radius 2 is 0.864 bits per heavy atom. The van der Waals surface area contributed by atoms with Crippen LogP contribution in [-0.2, 0) is 0 Å². The molecule has 0 bridgehead atoms. The average molecular weight is 833 g/mol. The van der Waals surface area contributed by atoms with Gasteiger partial charge in [0, 0.05) is 50.0 Å². The molecule has 11 rings (SSSR count). The first-order chi connectivity index (χ1) is 32.0. The predicted molar refractivity (Wildman–Crippen MR) is 319 cm³/mol. The van der Waals surface area contributed by atoms with Crippen LogP contribution in [0.3, 0.4) is 0 Å². The van der Waals surface area contributed by atoms with Gasteiger partial charge in [0.1, 0.15) is 78.5 Å². The van der Waals surface area contributed by atoms with Crippen molar-refractivity contribution in [1.29, 1.82) is 0 Å². The lowest BCUT2D eigenvalue weighted by Crippen LogP contribution is -2.48. The van der Waals surface area contributed by atoms with Gasteiger partial charge >= 0.3 is 0 Å². The largest absolute Gasteiger partial charge is 0.310 e. The van der Waals surface area contributed by atoms with E-state index in [2.05, 4.69) is 239 Å². The Kier molecular flexibility index (Phi) is 10.3. The molecule has 0 fully saturated rings. The van der Waals surface area contributed by atoms with E-state index < -0.39 is 0 Å². The molecule has 12 heteroatoms. The van der Waals surface area contributed by atoms with Crippen LogP contribution < -0.4 is 54.6 Å². The van der Waals surface area contributed by atoms with Crippen molar-refractivity contribution in [3.8, 4) is 39.1 Å². The van der Waals surface area contributed by atoms with E-state index >= 15 is 0 Å². The van der Waals surface area contributed by atoms with Crippen LogP contribution in [-0.4, -0.2) is 87.6 Å². The number of fused-ring (bicyclic) bond motifs is 6. The minimum atomic E-state index is 0.319. The van der Waals surface area contributed by atoms with Gasteiger partial charge in [0.05, 0.1) is 5.52 Å². The maximum atomic E-state index is 2.58. The van der Waals surface area contributed by atoms with Crippen LogP contribution in [0, 0.1) is 0 Å². The molecule has 2 nitrogen and oxygen atoms in total. The summed E-state index contributed by atoms with van der Waals surface area (Å²) in [5.41, 5.74) is 30.3. The highest BCUT2D eigenvalue weighted by molar-refractivity contribution is 6.70. The maximum Gasteiger partial charge on any atom is 0.141 e. The highest BCUT2D eigenvalue weighted by Gasteiger charge is 2.28. The molecule has 0 saturated carbocycles. The Bertz CT molecular complexity index is 3710. The van der Waals surface area contributed by atoms with E-state index in [0.717, 1.165) is 6.42 Å². The lowest BCUT2D eigenvalue weighted by molar-refractivity contribution is 0.850. The van der Waals surface area contributed by atoms with Gasteiger partial charge in [0.15, 0.2) is 0 Å². The smallest absolute Gasteiger partial charge is 0.141 e. The number of nitrogens with zero attached hydrogens (tertiary/aromatic N) is 2. The van der Waals surface area contributed by atoms with Crippen LogP contribution in [0.2, 0.25) is 0 Å². The van der Waals surface area contributed by atoms with Crippen LogP contribution in [0.4, 0.5) is 0 Å². The van der Waals surface area contributed by atoms with Crippen molar-refractivity contribution in [2.45, 2.75) is 12.3 Å². The Morgan fingerprint density at radius 1 is 0.394 bits per heavy atom. The molecule has 0 amide bonds. The first kappa shape index (κ1) is 42.1. The molecular weight excluding hydrogens is 785 g/mol. The summed E-state index contributed by atoms with van der Waals surface area (Å²) in [6, 6.07) is 48.9. The number of allylic oxidation sites excluding steroid dienone is 4. The minimum Gasteiger partial charge on any atom is -0.310 e. The Hall–Kier alpha value is -6.51. The van der Waals surface area contributed by atoms with Gasteiger partial charge in [-0.2, -0.15) is 0 Å². The summed E-state index contributed by atoms with van der Waals surface area (Å²) in [7, 11) is 23.6. The summed E-state index contributed by atoms with van der Waals surface area (Å²) in [5, 5.41) is 5.41. The third kappa shape index (κ3) is 6.31. The van der Waals surface area contributed by atoms with Gasteiger partial charge in [-0.05, 0) is 75.0 Å². The number of hydrogen-bond acceptors (Lipinski definition) is 0. The highest BCUT2D eigenvalue weighted by atomic mass is 15.0. The van der Waals surface area contributed by atoms with Gasteiger partial charge in [-0.25, -0.2) is 0 Å². The monoisotopic (exact) mass is 834 g/mol. The highest BCUT2D eigenvalue weighted by Crippen LogP contribution is 2.38. The van der Waals surface area contributed by atoms with Gasteiger partial charge in [-0.1, -0.05) is 177 Å². The summed E-state index contributed by atoms with van der Waals surface area (Å²) in [5.74, 6) is 0.319. The number of rotatable bonds is 6. The summed E-state index contributed by atoms with van der Waals surface area (Å²) >= 11 is 0. The Labute approximate surface area is 398 Å². The number of aromatic nitrogens is 2. The van der Waals surface area contributed by atoms with Crippen molar-refractivity contribution < 1.29 is 0 Å². The van der Waals surface area contributed by atoms with Crippen molar-refractivity contribution in [2.75, 3.05) is 0 Å². The molecule has 1 aliphatic rings. The molecule has 0 N–H and O–H groups in total. The average Bonchev–Trinajstić information content (AvgIpc) is 3.90. The van der Waals surface area contributed by atoms with Crippen molar-refractivity contribution in [2.24, 2.45) is 0 Å². The second-order valence-corrected chi connectivity index (χ2v) is 19.1. The van der Waals surface area contributed by atoms with Crippen LogP contribution in [0.5, 0.6) is 0 Å². The number of para-hydroxylation sites is 1. The van der Waals surface area contributed by atoms with E-state index in [9.17, 15) is 0 Å². The molecule has 2 heterocycles. The van der Waals surface area contributed by atoms with Crippen LogP contribution in [0.25, 0.3) is 88.4 Å². The molecule has 8 aromatic carbocycles. The maximum absolute atomic E-state index is 2.58. The SMILES string of the molecule is Bc1c(B)c(B)c2c(c1B)c1c(B)c(-c3c(B)c(B)c4c(c3B)c3ccc(-c5ccccc5)cc3n4C3=CCC(c4ccc(-c5ccccc5)cc4)C=C3)c(B)c(B)c1n2-c1ccccc1. The lowest BCUT2D eigenvalue weighted by atomic mass is 9.62. The topological polar surface area (TPSA) is 9.86 Å². The fraction of sp³-hybridized carbons (Fsp3) is 0.0370. The molecule has 2 aromatic heterocycles. The van der Waals surface area contributed by atoms with E-state index in [1.54, 1.807) is 0 Å². The second kappa shape index (κ2) is 16.1. The zero-order valence-corrected chi connectivity index (χ0v) is 40.1. The molecule has 0 aliphatic heterocycles. The predicted octanol–water partition coefficient (Wildman–Crippen LogP) is -2.94. The molecule has 1 aliphatic carbocycles. The standard InChI is InChI=1S/C54H48B10N2/c55-42-37-35-25-22-32(28-12-6-2-7-13-28)26-36(35)65(34-23-20-31(21-24-34)30-18-16-29(17-19-30)27-10-4-1-5-11-27)52(37)49(62)44(57)38(42)39-43(56)40-41-46(59)47(60)48(61)51(64)54(41)66(33-14-8-3-9-15-33)53(40)50(63)45(39)58/h1-20,22-26,31H,21,55-64H2. The van der Waals surface area contributed by atoms with Crippen LogP contribution in [0.1, 0.15) is 17.9 Å².